The van der Waals surface area contributed by atoms with Crippen molar-refractivity contribution in [2.45, 2.75) is 39.5 Å². The van der Waals surface area contributed by atoms with Gasteiger partial charge in [-0.15, -0.1) is 0 Å². The molecule has 3 heteroatoms. The molecule has 1 aliphatic heterocycles. The van der Waals surface area contributed by atoms with Gasteiger partial charge in [-0.25, -0.2) is 0 Å². The van der Waals surface area contributed by atoms with Crippen molar-refractivity contribution in [3.8, 4) is 5.75 Å². The predicted octanol–water partition coefficient (Wildman–Crippen LogP) is 3.06. The van der Waals surface area contributed by atoms with Crippen LogP contribution in [-0.2, 0) is 17.6 Å². The highest BCUT2D eigenvalue weighted by molar-refractivity contribution is 5.67. The average Bonchev–Trinajstić information content (AvgIpc) is 2.26. The van der Waals surface area contributed by atoms with Crippen molar-refractivity contribution in [2.24, 2.45) is 5.41 Å². The summed E-state index contributed by atoms with van der Waals surface area (Å²) in [5, 5.41) is 8.90. The molecule has 1 aliphatic rings. The van der Waals surface area contributed by atoms with Crippen molar-refractivity contribution in [2.75, 3.05) is 6.61 Å². The fourth-order valence-corrected chi connectivity index (χ4v) is 2.55. The average molecular weight is 248 g/mol. The predicted molar refractivity (Wildman–Crippen MR) is 70.0 cm³/mol. The van der Waals surface area contributed by atoms with Crippen LogP contribution in [0, 0.1) is 5.41 Å². The molecule has 1 N–H and O–H groups in total. The SMILES string of the molecule is CC(C)(CC(=O)O)Cc1ccc2c(c1)CCCO2. The summed E-state index contributed by atoms with van der Waals surface area (Å²) in [6.45, 7) is 4.80. The highest BCUT2D eigenvalue weighted by Crippen LogP contribution is 2.30. The molecule has 0 spiro atoms. The van der Waals surface area contributed by atoms with Crippen LogP contribution >= 0.6 is 0 Å². The van der Waals surface area contributed by atoms with Crippen molar-refractivity contribution in [3.63, 3.8) is 0 Å². The van der Waals surface area contributed by atoms with Crippen LogP contribution in [0.2, 0.25) is 0 Å². The number of hydrogen-bond acceptors (Lipinski definition) is 2. The summed E-state index contributed by atoms with van der Waals surface area (Å²) in [7, 11) is 0. The first-order valence-electron chi connectivity index (χ1n) is 6.43. The molecule has 18 heavy (non-hydrogen) atoms. The van der Waals surface area contributed by atoms with Gasteiger partial charge in [0.1, 0.15) is 5.75 Å². The van der Waals surface area contributed by atoms with E-state index < -0.39 is 5.97 Å². The number of rotatable bonds is 4. The molecule has 0 fully saturated rings. The van der Waals surface area contributed by atoms with Crippen LogP contribution in [0.3, 0.4) is 0 Å². The number of aryl methyl sites for hydroxylation is 1. The molecule has 0 unspecified atom stereocenters. The number of aliphatic carboxylic acids is 1. The van der Waals surface area contributed by atoms with Gasteiger partial charge >= 0.3 is 5.97 Å². The Balaban J connectivity index is 2.12. The van der Waals surface area contributed by atoms with Crippen molar-refractivity contribution >= 4 is 5.97 Å². The summed E-state index contributed by atoms with van der Waals surface area (Å²) in [5.41, 5.74) is 2.24. The molecule has 1 aromatic carbocycles. The van der Waals surface area contributed by atoms with E-state index in [2.05, 4.69) is 6.07 Å². The van der Waals surface area contributed by atoms with Gasteiger partial charge in [0, 0.05) is 0 Å². The van der Waals surface area contributed by atoms with Crippen LogP contribution in [0.4, 0.5) is 0 Å². The van der Waals surface area contributed by atoms with Crippen molar-refractivity contribution in [1.29, 1.82) is 0 Å². The number of benzene rings is 1. The molecule has 0 saturated heterocycles. The molecular weight excluding hydrogens is 228 g/mol. The Kier molecular flexibility index (Phi) is 3.60. The highest BCUT2D eigenvalue weighted by atomic mass is 16.5. The van der Waals surface area contributed by atoms with Crippen LogP contribution in [0.5, 0.6) is 5.75 Å². The smallest absolute Gasteiger partial charge is 0.303 e. The molecule has 0 amide bonds. The Morgan fingerprint density at radius 2 is 2.22 bits per heavy atom. The Morgan fingerprint density at radius 3 is 2.94 bits per heavy atom. The highest BCUT2D eigenvalue weighted by Gasteiger charge is 2.23. The lowest BCUT2D eigenvalue weighted by Gasteiger charge is -2.24. The van der Waals surface area contributed by atoms with Crippen LogP contribution in [0.15, 0.2) is 18.2 Å². The summed E-state index contributed by atoms with van der Waals surface area (Å²) < 4.78 is 5.58. The van der Waals surface area contributed by atoms with Crippen LogP contribution in [0.25, 0.3) is 0 Å². The summed E-state index contributed by atoms with van der Waals surface area (Å²) in [6, 6.07) is 6.23. The van der Waals surface area contributed by atoms with E-state index in [-0.39, 0.29) is 11.8 Å². The maximum absolute atomic E-state index is 10.8. The normalized spacial score (nSPS) is 14.8. The molecule has 0 atom stereocenters. The van der Waals surface area contributed by atoms with E-state index in [1.165, 1.54) is 11.1 Å². The third kappa shape index (κ3) is 3.25. The van der Waals surface area contributed by atoms with Crippen molar-refractivity contribution in [3.05, 3.63) is 29.3 Å². The standard InChI is InChI=1S/C15H20O3/c1-15(2,10-14(16)17)9-11-5-6-13-12(8-11)4-3-7-18-13/h5-6,8H,3-4,7,9-10H2,1-2H3,(H,16,17). The number of fused-ring (bicyclic) bond motifs is 1. The quantitative estimate of drug-likeness (QED) is 0.890. The van der Waals surface area contributed by atoms with Gasteiger partial charge in [0.2, 0.25) is 0 Å². The second-order valence-corrected chi connectivity index (χ2v) is 5.81. The van der Waals surface area contributed by atoms with Crippen LogP contribution < -0.4 is 4.74 Å². The molecule has 3 nitrogen and oxygen atoms in total. The van der Waals surface area contributed by atoms with Crippen molar-refractivity contribution < 1.29 is 14.6 Å². The maximum Gasteiger partial charge on any atom is 0.303 e. The minimum absolute atomic E-state index is 0.195. The van der Waals surface area contributed by atoms with Crippen molar-refractivity contribution in [1.82, 2.24) is 0 Å². The van der Waals surface area contributed by atoms with Gasteiger partial charge in [0.25, 0.3) is 0 Å². The van der Waals surface area contributed by atoms with Gasteiger partial charge in [-0.05, 0) is 41.9 Å². The molecule has 0 aromatic heterocycles. The van der Waals surface area contributed by atoms with Gasteiger partial charge in [-0.2, -0.15) is 0 Å². The summed E-state index contributed by atoms with van der Waals surface area (Å²) >= 11 is 0. The Morgan fingerprint density at radius 1 is 1.44 bits per heavy atom. The lowest BCUT2D eigenvalue weighted by atomic mass is 9.82. The molecular formula is C15H20O3. The van der Waals surface area contributed by atoms with Crippen LogP contribution in [-0.4, -0.2) is 17.7 Å². The van der Waals surface area contributed by atoms with E-state index >= 15 is 0 Å². The molecule has 1 aromatic rings. The molecule has 0 bridgehead atoms. The van der Waals surface area contributed by atoms with Gasteiger partial charge in [0.05, 0.1) is 13.0 Å². The Bertz CT molecular complexity index is 449. The molecule has 1 heterocycles. The fourth-order valence-electron chi connectivity index (χ4n) is 2.55. The first kappa shape index (κ1) is 12.9. The molecule has 98 valence electrons. The van der Waals surface area contributed by atoms with E-state index in [4.69, 9.17) is 9.84 Å². The van der Waals surface area contributed by atoms with E-state index in [9.17, 15) is 4.79 Å². The largest absolute Gasteiger partial charge is 0.493 e. The zero-order chi connectivity index (χ0) is 13.2. The lowest BCUT2D eigenvalue weighted by Crippen LogP contribution is -2.20. The first-order chi connectivity index (χ1) is 8.46. The van der Waals surface area contributed by atoms with Crippen LogP contribution in [0.1, 0.15) is 37.8 Å². The zero-order valence-corrected chi connectivity index (χ0v) is 11.0. The molecule has 0 saturated carbocycles. The van der Waals surface area contributed by atoms with E-state index in [1.807, 2.05) is 26.0 Å². The monoisotopic (exact) mass is 248 g/mol. The summed E-state index contributed by atoms with van der Waals surface area (Å²) in [5.74, 6) is 0.252. The summed E-state index contributed by atoms with van der Waals surface area (Å²) in [6.07, 6.45) is 3.10. The summed E-state index contributed by atoms with van der Waals surface area (Å²) in [4.78, 5) is 10.8. The van der Waals surface area contributed by atoms with E-state index in [1.54, 1.807) is 0 Å². The molecule has 0 aliphatic carbocycles. The number of ether oxygens (including phenoxy) is 1. The number of hydrogen-bond donors (Lipinski definition) is 1. The van der Waals surface area contributed by atoms with Gasteiger partial charge in [0.15, 0.2) is 0 Å². The zero-order valence-electron chi connectivity index (χ0n) is 11.0. The lowest BCUT2D eigenvalue weighted by molar-refractivity contribution is -0.139. The third-order valence-electron chi connectivity index (χ3n) is 3.29. The van der Waals surface area contributed by atoms with Gasteiger partial charge in [-0.1, -0.05) is 26.0 Å². The second-order valence-electron chi connectivity index (χ2n) is 5.81. The fraction of sp³-hybridized carbons (Fsp3) is 0.533. The third-order valence-corrected chi connectivity index (χ3v) is 3.29. The van der Waals surface area contributed by atoms with E-state index in [0.29, 0.717) is 0 Å². The topological polar surface area (TPSA) is 46.5 Å². The number of carboxylic acids is 1. The number of carboxylic acid groups (broad SMARTS) is 1. The Labute approximate surface area is 108 Å². The van der Waals surface area contributed by atoms with E-state index in [0.717, 1.165) is 31.6 Å². The Hall–Kier alpha value is -1.51. The number of carbonyl (C=O) groups is 1. The van der Waals surface area contributed by atoms with Gasteiger partial charge in [-0.3, -0.25) is 4.79 Å². The minimum Gasteiger partial charge on any atom is -0.493 e. The maximum atomic E-state index is 10.8. The molecule has 0 radical (unpaired) electrons. The second kappa shape index (κ2) is 5.01. The first-order valence-corrected chi connectivity index (χ1v) is 6.43. The molecule has 2 rings (SSSR count). The minimum atomic E-state index is -0.735. The van der Waals surface area contributed by atoms with Gasteiger partial charge < -0.3 is 9.84 Å².